The third-order valence-electron chi connectivity index (χ3n) is 3.07. The topological polar surface area (TPSA) is 53.8 Å². The molecule has 20 heavy (non-hydrogen) atoms. The summed E-state index contributed by atoms with van der Waals surface area (Å²) in [4.78, 5) is 20.1. The maximum atomic E-state index is 11.8. The zero-order valence-electron chi connectivity index (χ0n) is 11.4. The summed E-state index contributed by atoms with van der Waals surface area (Å²) in [5.74, 6) is -0.0253. The summed E-state index contributed by atoms with van der Waals surface area (Å²) in [7, 11) is 0. The van der Waals surface area contributed by atoms with E-state index in [-0.39, 0.29) is 5.91 Å². The Morgan fingerprint density at radius 2 is 1.95 bits per heavy atom. The lowest BCUT2D eigenvalue weighted by atomic mass is 10.1. The zero-order valence-corrected chi connectivity index (χ0v) is 12.2. The Morgan fingerprint density at radius 3 is 2.60 bits per heavy atom. The molecule has 0 unspecified atom stereocenters. The lowest BCUT2D eigenvalue weighted by Crippen LogP contribution is -2.24. The monoisotopic (exact) mass is 287 g/mol. The first-order chi connectivity index (χ1) is 9.66. The number of nitrogens with zero attached hydrogens (tertiary/aromatic N) is 2. The van der Waals surface area contributed by atoms with Crippen molar-refractivity contribution < 1.29 is 4.79 Å². The Morgan fingerprint density at radius 1 is 1.20 bits per heavy atom. The summed E-state index contributed by atoms with van der Waals surface area (Å²) >= 11 is 4.93. The quantitative estimate of drug-likeness (QED) is 0.646. The molecular weight excluding hydrogens is 270 g/mol. The van der Waals surface area contributed by atoms with E-state index in [0.29, 0.717) is 17.2 Å². The lowest BCUT2D eigenvalue weighted by Gasteiger charge is -2.05. The van der Waals surface area contributed by atoms with Gasteiger partial charge in [0.25, 0.3) is 5.91 Å². The van der Waals surface area contributed by atoms with E-state index in [9.17, 15) is 4.79 Å². The largest absolute Gasteiger partial charge is 0.352 e. The van der Waals surface area contributed by atoms with Crippen LogP contribution in [0.4, 0.5) is 0 Å². The second-order valence-corrected chi connectivity index (χ2v) is 4.98. The second-order valence-electron chi connectivity index (χ2n) is 4.62. The van der Waals surface area contributed by atoms with E-state index >= 15 is 0 Å². The molecule has 104 valence electrons. The highest BCUT2D eigenvalue weighted by molar-refractivity contribution is 7.80. The summed E-state index contributed by atoms with van der Waals surface area (Å²) in [5.41, 5.74) is 2.59. The molecule has 0 saturated heterocycles. The standard InChI is InChI=1S/C15H17N3OS/c1-11-13(18-15(20)17-11)9-5-6-10-16-14(19)12-7-3-2-4-8-12/h2-4,7-8H,5-6,9-10H2,1H3,(H,16,19). The van der Waals surface area contributed by atoms with E-state index in [1.165, 1.54) is 0 Å². The molecule has 5 heteroatoms. The molecule has 1 N–H and O–H groups in total. The number of amides is 1. The van der Waals surface area contributed by atoms with E-state index in [2.05, 4.69) is 15.3 Å². The van der Waals surface area contributed by atoms with Crippen molar-refractivity contribution in [1.29, 1.82) is 0 Å². The highest BCUT2D eigenvalue weighted by Crippen LogP contribution is 2.07. The van der Waals surface area contributed by atoms with Gasteiger partial charge in [-0.2, -0.15) is 0 Å². The third-order valence-corrected chi connectivity index (χ3v) is 3.26. The molecule has 1 aromatic carbocycles. The van der Waals surface area contributed by atoms with Crippen LogP contribution < -0.4 is 5.32 Å². The smallest absolute Gasteiger partial charge is 0.251 e. The fraction of sp³-hybridized carbons (Fsp3) is 0.333. The average molecular weight is 287 g/mol. The van der Waals surface area contributed by atoms with Gasteiger partial charge in [-0.3, -0.25) is 4.79 Å². The number of nitrogens with one attached hydrogen (secondary N) is 1. The Kier molecular flexibility index (Phi) is 5.12. The summed E-state index contributed by atoms with van der Waals surface area (Å²) in [6.07, 6.45) is 2.73. The number of rotatable bonds is 6. The summed E-state index contributed by atoms with van der Waals surface area (Å²) < 4.78 is 0. The minimum Gasteiger partial charge on any atom is -0.352 e. The number of benzene rings is 1. The minimum atomic E-state index is -0.0253. The number of hydrogen-bond acceptors (Lipinski definition) is 2. The van der Waals surface area contributed by atoms with Gasteiger partial charge in [0.15, 0.2) is 0 Å². The van der Waals surface area contributed by atoms with Crippen LogP contribution in [0.3, 0.4) is 0 Å². The van der Waals surface area contributed by atoms with Gasteiger partial charge in [0.05, 0.1) is 11.4 Å². The van der Waals surface area contributed by atoms with E-state index in [0.717, 1.165) is 30.7 Å². The molecule has 1 aliphatic heterocycles. The zero-order chi connectivity index (χ0) is 14.4. The fourth-order valence-corrected chi connectivity index (χ4v) is 2.22. The van der Waals surface area contributed by atoms with E-state index in [1.807, 2.05) is 37.3 Å². The van der Waals surface area contributed by atoms with Gasteiger partial charge in [-0.15, -0.1) is 0 Å². The van der Waals surface area contributed by atoms with Gasteiger partial charge >= 0.3 is 0 Å². The second kappa shape index (κ2) is 7.05. The molecule has 0 atom stereocenters. The number of carbonyl (C=O) groups is 1. The average Bonchev–Trinajstić information content (AvgIpc) is 2.77. The predicted octanol–water partition coefficient (Wildman–Crippen LogP) is 2.79. The molecule has 1 aromatic rings. The summed E-state index contributed by atoms with van der Waals surface area (Å²) in [6, 6.07) is 9.23. The molecule has 0 aliphatic carbocycles. The van der Waals surface area contributed by atoms with Crippen LogP contribution in [-0.2, 0) is 0 Å². The first-order valence-electron chi connectivity index (χ1n) is 6.67. The number of thiocarbonyl (C=S) groups is 1. The minimum absolute atomic E-state index is 0.0253. The molecule has 4 nitrogen and oxygen atoms in total. The first-order valence-corrected chi connectivity index (χ1v) is 7.08. The van der Waals surface area contributed by atoms with Gasteiger partial charge < -0.3 is 5.32 Å². The highest BCUT2D eigenvalue weighted by Gasteiger charge is 2.12. The molecule has 1 amide bonds. The molecule has 0 aromatic heterocycles. The molecule has 0 radical (unpaired) electrons. The molecule has 0 bridgehead atoms. The highest BCUT2D eigenvalue weighted by atomic mass is 32.1. The Balaban J connectivity index is 1.65. The SMILES string of the molecule is CC1=NC(=S)N=C1CCCCNC(=O)c1ccccc1. The molecule has 0 saturated carbocycles. The van der Waals surface area contributed by atoms with Gasteiger partial charge in [-0.25, -0.2) is 9.98 Å². The van der Waals surface area contributed by atoms with E-state index < -0.39 is 0 Å². The molecular formula is C15H17N3OS. The molecule has 0 spiro atoms. The molecule has 1 heterocycles. The number of unbranched alkanes of at least 4 members (excludes halogenated alkanes) is 1. The molecule has 2 rings (SSSR count). The number of carbonyl (C=O) groups excluding carboxylic acids is 1. The predicted molar refractivity (Wildman–Crippen MR) is 85.8 cm³/mol. The molecule has 1 aliphatic rings. The normalized spacial score (nSPS) is 13.9. The van der Waals surface area contributed by atoms with Crippen LogP contribution in [-0.4, -0.2) is 29.0 Å². The van der Waals surface area contributed by atoms with Gasteiger partial charge in [-0.05, 0) is 50.5 Å². The van der Waals surface area contributed by atoms with Crippen molar-refractivity contribution in [3.63, 3.8) is 0 Å². The van der Waals surface area contributed by atoms with Gasteiger partial charge in [-0.1, -0.05) is 18.2 Å². The van der Waals surface area contributed by atoms with Crippen LogP contribution in [0.25, 0.3) is 0 Å². The Bertz CT molecular complexity index is 564. The number of hydrogen-bond donors (Lipinski definition) is 1. The summed E-state index contributed by atoms with van der Waals surface area (Å²) in [6.45, 7) is 2.59. The first kappa shape index (κ1) is 14.5. The van der Waals surface area contributed by atoms with Crippen molar-refractivity contribution in [3.8, 4) is 0 Å². The Hall–Kier alpha value is -1.88. The maximum Gasteiger partial charge on any atom is 0.251 e. The van der Waals surface area contributed by atoms with Crippen molar-refractivity contribution in [2.45, 2.75) is 26.2 Å². The van der Waals surface area contributed by atoms with Crippen molar-refractivity contribution >= 4 is 34.7 Å². The van der Waals surface area contributed by atoms with Gasteiger partial charge in [0.1, 0.15) is 0 Å². The van der Waals surface area contributed by atoms with E-state index in [4.69, 9.17) is 12.2 Å². The fourth-order valence-electron chi connectivity index (χ4n) is 1.98. The van der Waals surface area contributed by atoms with Crippen molar-refractivity contribution in [2.24, 2.45) is 9.98 Å². The van der Waals surface area contributed by atoms with Crippen molar-refractivity contribution in [1.82, 2.24) is 5.32 Å². The maximum absolute atomic E-state index is 11.8. The van der Waals surface area contributed by atoms with Crippen molar-refractivity contribution in [2.75, 3.05) is 6.54 Å². The van der Waals surface area contributed by atoms with Crippen LogP contribution in [0, 0.1) is 0 Å². The Labute approximate surface area is 124 Å². The van der Waals surface area contributed by atoms with Gasteiger partial charge in [0, 0.05) is 12.1 Å². The molecule has 0 fully saturated rings. The lowest BCUT2D eigenvalue weighted by molar-refractivity contribution is 0.0953. The van der Waals surface area contributed by atoms with E-state index in [1.54, 1.807) is 0 Å². The number of aliphatic imine (C=N–C) groups is 2. The summed E-state index contributed by atoms with van der Waals surface area (Å²) in [5, 5.41) is 3.34. The van der Waals surface area contributed by atoms with Crippen LogP contribution in [0.2, 0.25) is 0 Å². The van der Waals surface area contributed by atoms with Crippen LogP contribution >= 0.6 is 12.2 Å². The van der Waals surface area contributed by atoms with Crippen LogP contribution in [0.1, 0.15) is 36.5 Å². The van der Waals surface area contributed by atoms with Crippen LogP contribution in [0.15, 0.2) is 40.3 Å². The van der Waals surface area contributed by atoms with Gasteiger partial charge in [0.2, 0.25) is 5.11 Å². The van der Waals surface area contributed by atoms with Crippen LogP contribution in [0.5, 0.6) is 0 Å². The third kappa shape index (κ3) is 4.06. The van der Waals surface area contributed by atoms with Crippen molar-refractivity contribution in [3.05, 3.63) is 35.9 Å².